The highest BCUT2D eigenvalue weighted by molar-refractivity contribution is 9.10. The van der Waals surface area contributed by atoms with E-state index in [-0.39, 0.29) is 11.8 Å². The molecule has 16 heavy (non-hydrogen) atoms. The zero-order chi connectivity index (χ0) is 12.1. The Bertz CT molecular complexity index is 355. The standard InChI is InChI=1S/C12H18BrNO2/c1-3-5-10(14)8-6-9(13)12(15)11(7-8)16-4-2/h6-7,10,15H,3-5,14H2,1-2H3/t10-/m1/s1. The summed E-state index contributed by atoms with van der Waals surface area (Å²) in [5.74, 6) is 0.618. The molecule has 0 radical (unpaired) electrons. The molecule has 0 aliphatic rings. The maximum absolute atomic E-state index is 9.75. The summed E-state index contributed by atoms with van der Waals surface area (Å²) < 4.78 is 5.98. The van der Waals surface area contributed by atoms with Gasteiger partial charge in [0.2, 0.25) is 0 Å². The third-order valence-corrected chi connectivity index (χ3v) is 2.98. The number of hydrogen-bond acceptors (Lipinski definition) is 3. The third kappa shape index (κ3) is 3.12. The summed E-state index contributed by atoms with van der Waals surface area (Å²) in [6, 6.07) is 3.64. The van der Waals surface area contributed by atoms with Crippen molar-refractivity contribution in [2.75, 3.05) is 6.61 Å². The summed E-state index contributed by atoms with van der Waals surface area (Å²) in [5.41, 5.74) is 7.01. The van der Waals surface area contributed by atoms with Crippen LogP contribution in [-0.4, -0.2) is 11.7 Å². The molecular weight excluding hydrogens is 270 g/mol. The second-order valence-electron chi connectivity index (χ2n) is 3.68. The number of aromatic hydroxyl groups is 1. The lowest BCUT2D eigenvalue weighted by Gasteiger charge is -2.14. The van der Waals surface area contributed by atoms with Crippen LogP contribution in [0.15, 0.2) is 16.6 Å². The summed E-state index contributed by atoms with van der Waals surface area (Å²) in [4.78, 5) is 0. The molecule has 0 heterocycles. The summed E-state index contributed by atoms with van der Waals surface area (Å²) in [5, 5.41) is 9.75. The van der Waals surface area contributed by atoms with E-state index in [1.807, 2.05) is 19.1 Å². The van der Waals surface area contributed by atoms with Gasteiger partial charge >= 0.3 is 0 Å². The Morgan fingerprint density at radius 1 is 1.44 bits per heavy atom. The number of phenolic OH excluding ortho intramolecular Hbond substituents is 1. The zero-order valence-corrected chi connectivity index (χ0v) is 11.3. The topological polar surface area (TPSA) is 55.5 Å². The van der Waals surface area contributed by atoms with E-state index < -0.39 is 0 Å². The van der Waals surface area contributed by atoms with Crippen LogP contribution in [0.2, 0.25) is 0 Å². The Balaban J connectivity index is 3.03. The van der Waals surface area contributed by atoms with Crippen LogP contribution in [0.4, 0.5) is 0 Å². The van der Waals surface area contributed by atoms with Gasteiger partial charge < -0.3 is 15.6 Å². The molecule has 0 unspecified atom stereocenters. The second kappa shape index (κ2) is 6.11. The van der Waals surface area contributed by atoms with E-state index in [9.17, 15) is 5.11 Å². The van der Waals surface area contributed by atoms with E-state index in [1.54, 1.807) is 0 Å². The first-order chi connectivity index (χ1) is 7.60. The molecule has 0 aliphatic heterocycles. The third-order valence-electron chi connectivity index (χ3n) is 2.38. The first-order valence-corrected chi connectivity index (χ1v) is 6.30. The van der Waals surface area contributed by atoms with Crippen LogP contribution in [-0.2, 0) is 0 Å². The predicted octanol–water partition coefficient (Wildman–Crippen LogP) is 3.35. The number of halogens is 1. The van der Waals surface area contributed by atoms with Crippen LogP contribution in [0.5, 0.6) is 11.5 Å². The van der Waals surface area contributed by atoms with E-state index in [2.05, 4.69) is 22.9 Å². The highest BCUT2D eigenvalue weighted by Crippen LogP contribution is 2.37. The number of rotatable bonds is 5. The van der Waals surface area contributed by atoms with Crippen molar-refractivity contribution in [1.82, 2.24) is 0 Å². The molecule has 0 fully saturated rings. The fourth-order valence-corrected chi connectivity index (χ4v) is 2.01. The molecule has 3 N–H and O–H groups in total. The largest absolute Gasteiger partial charge is 0.503 e. The molecule has 1 atom stereocenters. The highest BCUT2D eigenvalue weighted by Gasteiger charge is 2.13. The number of benzene rings is 1. The van der Waals surface area contributed by atoms with Gasteiger partial charge in [0.05, 0.1) is 11.1 Å². The minimum absolute atomic E-state index is 0.0129. The Labute approximate surface area is 105 Å². The quantitative estimate of drug-likeness (QED) is 0.873. The van der Waals surface area contributed by atoms with Gasteiger partial charge in [0, 0.05) is 6.04 Å². The van der Waals surface area contributed by atoms with Crippen LogP contribution in [0, 0.1) is 0 Å². The molecule has 3 nitrogen and oxygen atoms in total. The van der Waals surface area contributed by atoms with Crippen molar-refractivity contribution in [2.45, 2.75) is 32.7 Å². The van der Waals surface area contributed by atoms with Gasteiger partial charge in [0.25, 0.3) is 0 Å². The van der Waals surface area contributed by atoms with E-state index in [1.165, 1.54) is 0 Å². The van der Waals surface area contributed by atoms with Gasteiger partial charge in [-0.1, -0.05) is 13.3 Å². The molecule has 0 saturated carbocycles. The summed E-state index contributed by atoms with van der Waals surface area (Å²) >= 11 is 3.30. The average molecular weight is 288 g/mol. The van der Waals surface area contributed by atoms with Crippen LogP contribution in [0.25, 0.3) is 0 Å². The van der Waals surface area contributed by atoms with E-state index in [0.29, 0.717) is 16.8 Å². The van der Waals surface area contributed by atoms with Crippen LogP contribution < -0.4 is 10.5 Å². The molecule has 1 rings (SSSR count). The molecule has 1 aromatic rings. The Morgan fingerprint density at radius 3 is 2.69 bits per heavy atom. The molecule has 0 saturated heterocycles. The highest BCUT2D eigenvalue weighted by atomic mass is 79.9. The molecule has 0 amide bonds. The van der Waals surface area contributed by atoms with Gasteiger partial charge in [-0.15, -0.1) is 0 Å². The normalized spacial score (nSPS) is 12.5. The molecule has 4 heteroatoms. The van der Waals surface area contributed by atoms with Crippen LogP contribution >= 0.6 is 15.9 Å². The van der Waals surface area contributed by atoms with E-state index in [4.69, 9.17) is 10.5 Å². The van der Waals surface area contributed by atoms with Gasteiger partial charge in [0.15, 0.2) is 11.5 Å². The maximum Gasteiger partial charge on any atom is 0.172 e. The lowest BCUT2D eigenvalue weighted by molar-refractivity contribution is 0.316. The lowest BCUT2D eigenvalue weighted by atomic mass is 10.0. The van der Waals surface area contributed by atoms with Crippen molar-refractivity contribution in [2.24, 2.45) is 5.73 Å². The number of ether oxygens (including phenoxy) is 1. The van der Waals surface area contributed by atoms with Gasteiger partial charge in [-0.3, -0.25) is 0 Å². The van der Waals surface area contributed by atoms with E-state index >= 15 is 0 Å². The number of nitrogens with two attached hydrogens (primary N) is 1. The molecule has 0 aromatic heterocycles. The lowest BCUT2D eigenvalue weighted by Crippen LogP contribution is -2.10. The van der Waals surface area contributed by atoms with Crippen molar-refractivity contribution >= 4 is 15.9 Å². The monoisotopic (exact) mass is 287 g/mol. The SMILES string of the molecule is CCC[C@@H](N)c1cc(Br)c(O)c(OCC)c1. The smallest absolute Gasteiger partial charge is 0.172 e. The van der Waals surface area contributed by atoms with Crippen molar-refractivity contribution < 1.29 is 9.84 Å². The van der Waals surface area contributed by atoms with Crippen LogP contribution in [0.1, 0.15) is 38.3 Å². The first-order valence-electron chi connectivity index (χ1n) is 5.50. The van der Waals surface area contributed by atoms with Crippen LogP contribution in [0.3, 0.4) is 0 Å². The fraction of sp³-hybridized carbons (Fsp3) is 0.500. The molecule has 0 bridgehead atoms. The average Bonchev–Trinajstić information content (AvgIpc) is 2.25. The molecular formula is C12H18BrNO2. The van der Waals surface area contributed by atoms with Crippen molar-refractivity contribution in [3.63, 3.8) is 0 Å². The summed E-state index contributed by atoms with van der Waals surface area (Å²) in [6.45, 7) is 4.50. The van der Waals surface area contributed by atoms with Crippen molar-refractivity contribution in [1.29, 1.82) is 0 Å². The maximum atomic E-state index is 9.75. The number of phenols is 1. The Morgan fingerprint density at radius 2 is 2.12 bits per heavy atom. The zero-order valence-electron chi connectivity index (χ0n) is 9.66. The van der Waals surface area contributed by atoms with Gasteiger partial charge in [-0.05, 0) is 47.0 Å². The first kappa shape index (κ1) is 13.3. The van der Waals surface area contributed by atoms with E-state index in [0.717, 1.165) is 18.4 Å². The molecule has 0 spiro atoms. The number of hydrogen-bond donors (Lipinski definition) is 2. The second-order valence-corrected chi connectivity index (χ2v) is 4.53. The Hall–Kier alpha value is -0.740. The molecule has 1 aromatic carbocycles. The minimum Gasteiger partial charge on any atom is -0.503 e. The minimum atomic E-state index is -0.0129. The molecule has 90 valence electrons. The fourth-order valence-electron chi connectivity index (χ4n) is 1.55. The van der Waals surface area contributed by atoms with Crippen molar-refractivity contribution in [3.05, 3.63) is 22.2 Å². The van der Waals surface area contributed by atoms with Gasteiger partial charge in [-0.2, -0.15) is 0 Å². The predicted molar refractivity (Wildman–Crippen MR) is 68.8 cm³/mol. The van der Waals surface area contributed by atoms with Gasteiger partial charge in [-0.25, -0.2) is 0 Å². The summed E-state index contributed by atoms with van der Waals surface area (Å²) in [6.07, 6.45) is 1.95. The Kier molecular flexibility index (Phi) is 5.09. The van der Waals surface area contributed by atoms with Crippen molar-refractivity contribution in [3.8, 4) is 11.5 Å². The molecule has 0 aliphatic carbocycles. The summed E-state index contributed by atoms with van der Waals surface area (Å²) in [7, 11) is 0. The van der Waals surface area contributed by atoms with Gasteiger partial charge in [0.1, 0.15) is 0 Å².